The van der Waals surface area contributed by atoms with E-state index in [1.54, 1.807) is 7.11 Å². The quantitative estimate of drug-likeness (QED) is 0.476. The van der Waals surface area contributed by atoms with E-state index in [4.69, 9.17) is 23.4 Å². The Morgan fingerprint density at radius 3 is 1.71 bits per heavy atom. The number of hydrogen-bond acceptors (Lipinski definition) is 2. The molecule has 0 amide bonds. The van der Waals surface area contributed by atoms with Crippen LogP contribution in [0.4, 0.5) is 0 Å². The van der Waals surface area contributed by atoms with Gasteiger partial charge < -0.3 is 9.47 Å². The zero-order valence-electron chi connectivity index (χ0n) is 9.04. The summed E-state index contributed by atoms with van der Waals surface area (Å²) in [6, 6.07) is 9.56. The zero-order valence-corrected chi connectivity index (χ0v) is 10.3. The van der Waals surface area contributed by atoms with Crippen LogP contribution in [0.2, 0.25) is 0 Å². The zero-order chi connectivity index (χ0) is 13.2. The molecule has 90 valence electrons. The Labute approximate surface area is 111 Å². The third-order valence-electron chi connectivity index (χ3n) is 1.09. The van der Waals surface area contributed by atoms with Crippen LogP contribution in [-0.4, -0.2) is 13.9 Å². The largest absolute Gasteiger partial charge is 0 e. The summed E-state index contributed by atoms with van der Waals surface area (Å²) < 4.78 is 32.4. The normalized spacial score (nSPS) is 5.82. The Hall–Kier alpha value is -1.27. The fraction of sp³-hybridized carbons (Fsp3) is 0.182. The molecule has 1 aromatic rings. The molecule has 5 nitrogen and oxygen atoms in total. The summed E-state index contributed by atoms with van der Waals surface area (Å²) in [5.74, 6) is 0.837. The van der Waals surface area contributed by atoms with Gasteiger partial charge in [0.05, 0.1) is 0 Å². The molecule has 0 aliphatic carbocycles. The molecule has 1 aromatic carbocycles. The summed E-state index contributed by atoms with van der Waals surface area (Å²) in [6.07, 6.45) is 0. The standard InChI is InChI=1S/C8H10O2.3CO.Cr/c1-9-7-10-8-5-3-2-4-6-8;3*1-2;/h2-6H,7H2,1H3;;;;. The van der Waals surface area contributed by atoms with Crippen molar-refractivity contribution in [2.75, 3.05) is 13.9 Å². The second-order valence-electron chi connectivity index (χ2n) is 1.86. The molecule has 0 saturated heterocycles. The summed E-state index contributed by atoms with van der Waals surface area (Å²) in [6.45, 7) is 13.8. The van der Waals surface area contributed by atoms with Gasteiger partial charge in [-0.15, -0.1) is 0 Å². The number of rotatable bonds is 3. The van der Waals surface area contributed by atoms with Gasteiger partial charge in [0.15, 0.2) is 6.79 Å². The minimum atomic E-state index is 0. The molecule has 0 saturated carbocycles. The molecule has 1 rings (SSSR count). The molecule has 0 spiro atoms. The molecule has 0 atom stereocenters. The minimum Gasteiger partial charge on any atom is 0 e. The minimum absolute atomic E-state index is 0. The van der Waals surface area contributed by atoms with Gasteiger partial charge >= 0.3 is 33.9 Å². The molecule has 0 aliphatic rings. The maximum absolute atomic E-state index is 7.50. The maximum atomic E-state index is 7.50. The van der Waals surface area contributed by atoms with E-state index >= 15 is 0 Å². The molecular formula is C11H10CrO5. The molecule has 0 radical (unpaired) electrons. The number of methoxy groups -OCH3 is 1. The Balaban J connectivity index is -0.000000106. The van der Waals surface area contributed by atoms with Crippen molar-refractivity contribution >= 4 is 0 Å². The van der Waals surface area contributed by atoms with E-state index in [1.807, 2.05) is 30.3 Å². The van der Waals surface area contributed by atoms with Crippen molar-refractivity contribution in [1.82, 2.24) is 0 Å². The second kappa shape index (κ2) is 29.3. The Morgan fingerprint density at radius 2 is 1.35 bits per heavy atom. The van der Waals surface area contributed by atoms with Gasteiger partial charge in [0.2, 0.25) is 0 Å². The van der Waals surface area contributed by atoms with Crippen LogP contribution in [0, 0.1) is 20.0 Å². The number of ether oxygens (including phenoxy) is 2. The van der Waals surface area contributed by atoms with Gasteiger partial charge in [0.25, 0.3) is 0 Å². The van der Waals surface area contributed by atoms with Crippen LogP contribution < -0.4 is 4.74 Å². The molecular weight excluding hydrogens is 264 g/mol. The van der Waals surface area contributed by atoms with Crippen molar-refractivity contribution in [2.24, 2.45) is 0 Å². The number of para-hydroxylation sites is 1. The first-order chi connectivity index (χ1) is 7.93. The molecule has 0 heterocycles. The van der Waals surface area contributed by atoms with Gasteiger partial charge in [-0.3, -0.25) is 0 Å². The summed E-state index contributed by atoms with van der Waals surface area (Å²) >= 11 is 0. The van der Waals surface area contributed by atoms with Crippen LogP contribution in [0.25, 0.3) is 0 Å². The third-order valence-corrected chi connectivity index (χ3v) is 1.09. The van der Waals surface area contributed by atoms with E-state index in [0.717, 1.165) is 5.75 Å². The first kappa shape index (κ1) is 24.8. The van der Waals surface area contributed by atoms with E-state index in [2.05, 4.69) is 20.0 Å². The fourth-order valence-electron chi connectivity index (χ4n) is 0.644. The molecule has 0 aliphatic heterocycles. The van der Waals surface area contributed by atoms with Crippen molar-refractivity contribution in [2.45, 2.75) is 0 Å². The molecule has 17 heavy (non-hydrogen) atoms. The topological polar surface area (TPSA) is 78.2 Å². The van der Waals surface area contributed by atoms with Crippen molar-refractivity contribution in [3.8, 4) is 5.75 Å². The van der Waals surface area contributed by atoms with Crippen LogP contribution in [0.3, 0.4) is 0 Å². The van der Waals surface area contributed by atoms with Gasteiger partial charge in [-0.2, -0.15) is 0 Å². The van der Waals surface area contributed by atoms with Crippen LogP contribution in [0.1, 0.15) is 0 Å². The fourth-order valence-corrected chi connectivity index (χ4v) is 0.644. The smallest absolute Gasteiger partial charge is 0 e. The third kappa shape index (κ3) is 20.7. The molecule has 0 unspecified atom stereocenters. The Bertz CT molecular complexity index is 267. The van der Waals surface area contributed by atoms with Crippen molar-refractivity contribution in [1.29, 1.82) is 0 Å². The van der Waals surface area contributed by atoms with E-state index < -0.39 is 0 Å². The summed E-state index contributed by atoms with van der Waals surface area (Å²) in [7, 11) is 1.60. The molecule has 0 fully saturated rings. The average molecular weight is 274 g/mol. The van der Waals surface area contributed by atoms with Crippen molar-refractivity contribution in [3.63, 3.8) is 0 Å². The maximum Gasteiger partial charge on any atom is 0 e. The van der Waals surface area contributed by atoms with Gasteiger partial charge in [-0.25, -0.2) is 0 Å². The number of benzene rings is 1. The Kier molecular flexibility index (Phi) is 42.8. The van der Waals surface area contributed by atoms with Crippen LogP contribution in [0.5, 0.6) is 5.75 Å². The van der Waals surface area contributed by atoms with E-state index in [0.29, 0.717) is 6.79 Å². The van der Waals surface area contributed by atoms with Crippen LogP contribution >= 0.6 is 0 Å². The van der Waals surface area contributed by atoms with Gasteiger partial charge in [-0.1, -0.05) is 18.2 Å². The van der Waals surface area contributed by atoms with Crippen molar-refractivity contribution < 1.29 is 40.8 Å². The molecule has 0 bridgehead atoms. The van der Waals surface area contributed by atoms with Crippen LogP contribution in [0.15, 0.2) is 30.3 Å². The van der Waals surface area contributed by atoms with Gasteiger partial charge in [-0.05, 0) is 12.1 Å². The average Bonchev–Trinajstić information content (AvgIpc) is 2.44. The van der Waals surface area contributed by atoms with E-state index in [9.17, 15) is 0 Å². The predicted octanol–water partition coefficient (Wildman–Crippen LogP) is 1.55. The van der Waals surface area contributed by atoms with Gasteiger partial charge in [0, 0.05) is 24.5 Å². The molecule has 0 aromatic heterocycles. The SMILES string of the molecule is COCOc1ccccc1.[C-]#[O+].[C-]#[O+].[C-]#[O+].[Cr]. The predicted molar refractivity (Wildman–Crippen MR) is 50.7 cm³/mol. The van der Waals surface area contributed by atoms with Crippen molar-refractivity contribution in [3.05, 3.63) is 50.3 Å². The van der Waals surface area contributed by atoms with Gasteiger partial charge in [0.1, 0.15) is 5.75 Å². The second-order valence-corrected chi connectivity index (χ2v) is 1.86. The van der Waals surface area contributed by atoms with Crippen LogP contribution in [-0.2, 0) is 36.1 Å². The monoisotopic (exact) mass is 274 g/mol. The Morgan fingerprint density at radius 1 is 0.941 bits per heavy atom. The summed E-state index contributed by atoms with van der Waals surface area (Å²) in [4.78, 5) is 0. The van der Waals surface area contributed by atoms with E-state index in [-0.39, 0.29) is 17.4 Å². The summed E-state index contributed by atoms with van der Waals surface area (Å²) in [5.41, 5.74) is 0. The number of hydrogen-bond donors (Lipinski definition) is 0. The first-order valence-corrected chi connectivity index (χ1v) is 3.71. The van der Waals surface area contributed by atoms with E-state index in [1.165, 1.54) is 0 Å². The first-order valence-electron chi connectivity index (χ1n) is 3.71. The summed E-state index contributed by atoms with van der Waals surface area (Å²) in [5, 5.41) is 0. The molecule has 0 N–H and O–H groups in total. The molecule has 6 heteroatoms.